The number of hydrogen-bond acceptors (Lipinski definition) is 6. The van der Waals surface area contributed by atoms with E-state index in [-0.39, 0.29) is 36.1 Å². The number of fused-ring (bicyclic) bond motifs is 5. The van der Waals surface area contributed by atoms with Gasteiger partial charge in [0.25, 0.3) is 0 Å². The summed E-state index contributed by atoms with van der Waals surface area (Å²) in [6.45, 7) is 0. The van der Waals surface area contributed by atoms with Crippen LogP contribution in [0.1, 0.15) is 30.7 Å². The molecule has 3 aromatic rings. The van der Waals surface area contributed by atoms with Crippen molar-refractivity contribution in [3.05, 3.63) is 23.5 Å². The Hall–Kier alpha value is -2.55. The summed E-state index contributed by atoms with van der Waals surface area (Å²) in [7, 11) is 0. The van der Waals surface area contributed by atoms with Crippen molar-refractivity contribution in [3.8, 4) is 5.75 Å². The molecule has 26 heavy (non-hydrogen) atoms. The second-order valence-corrected chi connectivity index (χ2v) is 7.13. The molecule has 136 valence electrons. The van der Waals surface area contributed by atoms with Gasteiger partial charge < -0.3 is 16.2 Å². The Labute approximate surface area is 147 Å². The molecule has 1 fully saturated rings. The van der Waals surface area contributed by atoms with Gasteiger partial charge >= 0.3 is 6.11 Å². The van der Waals surface area contributed by atoms with Gasteiger partial charge in [0.15, 0.2) is 17.2 Å². The molecule has 0 spiro atoms. The molecule has 1 aliphatic carbocycles. The van der Waals surface area contributed by atoms with Gasteiger partial charge in [0.05, 0.1) is 6.42 Å². The zero-order valence-corrected chi connectivity index (χ0v) is 14.0. The van der Waals surface area contributed by atoms with Crippen LogP contribution >= 0.6 is 0 Å². The first-order valence-corrected chi connectivity index (χ1v) is 8.70. The van der Waals surface area contributed by atoms with Crippen LogP contribution in [0.5, 0.6) is 5.75 Å². The summed E-state index contributed by atoms with van der Waals surface area (Å²) in [6.07, 6.45) is -0.513. The third-order valence-corrected chi connectivity index (χ3v) is 5.13. The summed E-state index contributed by atoms with van der Waals surface area (Å²) in [4.78, 5) is 8.82. The Balaban J connectivity index is 1.66. The number of halogens is 2. The van der Waals surface area contributed by atoms with Crippen LogP contribution in [0, 0.1) is 5.92 Å². The van der Waals surface area contributed by atoms with Crippen molar-refractivity contribution in [1.29, 1.82) is 0 Å². The van der Waals surface area contributed by atoms with Crippen molar-refractivity contribution in [2.75, 3.05) is 5.73 Å². The highest BCUT2D eigenvalue weighted by Gasteiger charge is 2.37. The first-order valence-electron chi connectivity index (χ1n) is 8.70. The number of hydrogen-bond donors (Lipinski definition) is 2. The van der Waals surface area contributed by atoms with Crippen LogP contribution < -0.4 is 16.2 Å². The number of aryl methyl sites for hydroxylation is 1. The number of nitrogens with two attached hydrogens (primary N) is 2. The predicted octanol–water partition coefficient (Wildman–Crippen LogP) is 2.06. The van der Waals surface area contributed by atoms with Crippen LogP contribution in [0.2, 0.25) is 0 Å². The third-order valence-electron chi connectivity index (χ3n) is 5.13. The molecule has 2 aliphatic rings. The van der Waals surface area contributed by atoms with Gasteiger partial charge in [-0.15, -0.1) is 5.10 Å². The van der Waals surface area contributed by atoms with Gasteiger partial charge in [0.1, 0.15) is 5.52 Å². The molecule has 1 aromatic carbocycles. The van der Waals surface area contributed by atoms with E-state index in [1.54, 1.807) is 6.07 Å². The fourth-order valence-electron chi connectivity index (χ4n) is 3.53. The van der Waals surface area contributed by atoms with E-state index in [1.807, 2.05) is 6.07 Å². The summed E-state index contributed by atoms with van der Waals surface area (Å²) in [5.74, 6) is 1.26. The molecule has 0 unspecified atom stereocenters. The predicted molar refractivity (Wildman–Crippen MR) is 91.0 cm³/mol. The second kappa shape index (κ2) is 5.23. The minimum atomic E-state index is -3.21. The molecule has 0 amide bonds. The van der Waals surface area contributed by atoms with Gasteiger partial charge in [-0.25, -0.2) is 9.97 Å². The minimum absolute atomic E-state index is 0.0163. The topological polar surface area (TPSA) is 104 Å². The number of anilines is 1. The molecule has 1 aliphatic heterocycles. The lowest BCUT2D eigenvalue weighted by Gasteiger charge is -2.25. The smallest absolute Gasteiger partial charge is 0.398 e. The Morgan fingerprint density at radius 3 is 2.88 bits per heavy atom. The van der Waals surface area contributed by atoms with Crippen molar-refractivity contribution in [3.63, 3.8) is 0 Å². The largest absolute Gasteiger partial charge is 0.430 e. The Bertz CT molecular complexity index is 1030. The molecule has 5 rings (SSSR count). The number of nitrogen functional groups attached to an aromatic ring is 1. The molecule has 0 saturated heterocycles. The lowest BCUT2D eigenvalue weighted by molar-refractivity contribution is -0.186. The Morgan fingerprint density at radius 1 is 1.31 bits per heavy atom. The maximum Gasteiger partial charge on any atom is 0.398 e. The van der Waals surface area contributed by atoms with Crippen LogP contribution in [0.3, 0.4) is 0 Å². The van der Waals surface area contributed by atoms with Crippen molar-refractivity contribution in [2.45, 2.75) is 44.3 Å². The molecule has 1 saturated carbocycles. The van der Waals surface area contributed by atoms with Crippen LogP contribution in [0.15, 0.2) is 12.1 Å². The second-order valence-electron chi connectivity index (χ2n) is 7.13. The van der Waals surface area contributed by atoms with Gasteiger partial charge in [-0.2, -0.15) is 13.3 Å². The molecule has 9 heteroatoms. The van der Waals surface area contributed by atoms with E-state index in [9.17, 15) is 8.78 Å². The minimum Gasteiger partial charge on any atom is -0.430 e. The van der Waals surface area contributed by atoms with E-state index >= 15 is 0 Å². The van der Waals surface area contributed by atoms with Crippen molar-refractivity contribution in [2.24, 2.45) is 11.7 Å². The number of aromatic nitrogens is 4. The highest BCUT2D eigenvalue weighted by molar-refractivity contribution is 5.96. The molecule has 0 radical (unpaired) electrons. The van der Waals surface area contributed by atoms with Crippen molar-refractivity contribution >= 4 is 22.5 Å². The summed E-state index contributed by atoms with van der Waals surface area (Å²) in [5, 5.41) is 4.98. The Kier molecular flexibility index (Phi) is 3.15. The molecule has 2 aromatic heterocycles. The fourth-order valence-corrected chi connectivity index (χ4v) is 3.53. The summed E-state index contributed by atoms with van der Waals surface area (Å²) >= 11 is 0. The molecule has 7 nitrogen and oxygen atoms in total. The summed E-state index contributed by atoms with van der Waals surface area (Å²) in [6, 6.07) is 3.60. The monoisotopic (exact) mass is 360 g/mol. The lowest BCUT2D eigenvalue weighted by atomic mass is 10.0. The number of nitrogens with zero attached hydrogens (tertiary/aromatic N) is 4. The number of alkyl halides is 2. The molecule has 0 bridgehead atoms. The quantitative estimate of drug-likeness (QED) is 0.741. The molecular weight excluding hydrogens is 342 g/mol. The zero-order chi connectivity index (χ0) is 18.1. The van der Waals surface area contributed by atoms with Crippen molar-refractivity contribution in [1.82, 2.24) is 19.6 Å². The van der Waals surface area contributed by atoms with E-state index in [0.717, 1.165) is 12.8 Å². The SMILES string of the molecule is Nc1nc2c3c(ccc2c2nc(C[C@H](N)C4CC4)nn12)CCC(F)(F)O3. The van der Waals surface area contributed by atoms with E-state index < -0.39 is 6.11 Å². The first kappa shape index (κ1) is 15.7. The highest BCUT2D eigenvalue weighted by Crippen LogP contribution is 2.40. The van der Waals surface area contributed by atoms with E-state index in [4.69, 9.17) is 16.2 Å². The van der Waals surface area contributed by atoms with Crippen LogP contribution in [0.4, 0.5) is 14.7 Å². The van der Waals surface area contributed by atoms with Crippen LogP contribution in [-0.2, 0) is 12.8 Å². The van der Waals surface area contributed by atoms with Gasteiger partial charge in [-0.1, -0.05) is 6.07 Å². The highest BCUT2D eigenvalue weighted by atomic mass is 19.3. The van der Waals surface area contributed by atoms with E-state index in [0.29, 0.717) is 34.8 Å². The average molecular weight is 360 g/mol. The number of benzene rings is 1. The normalized spacial score (nSPS) is 20.1. The molecule has 3 heterocycles. The maximum atomic E-state index is 13.7. The first-order chi connectivity index (χ1) is 12.4. The standard InChI is InChI=1S/C17H18F2N6O/c18-17(19)6-5-9-3-4-10-13(14(9)26-17)23-16(21)25-15(10)22-12(24-25)7-11(20)8-1-2-8/h3-4,8,11H,1-2,5-7,20H2,(H2,21,23)/t11-/m0/s1. The van der Waals surface area contributed by atoms with E-state index in [2.05, 4.69) is 15.1 Å². The van der Waals surface area contributed by atoms with Crippen molar-refractivity contribution < 1.29 is 13.5 Å². The Morgan fingerprint density at radius 2 is 2.12 bits per heavy atom. The zero-order valence-electron chi connectivity index (χ0n) is 14.0. The van der Waals surface area contributed by atoms with Gasteiger partial charge in [0.2, 0.25) is 5.95 Å². The van der Waals surface area contributed by atoms with Gasteiger partial charge in [-0.3, -0.25) is 0 Å². The number of rotatable bonds is 3. The third kappa shape index (κ3) is 2.45. The van der Waals surface area contributed by atoms with Gasteiger partial charge in [-0.05, 0) is 36.8 Å². The van der Waals surface area contributed by atoms with Gasteiger partial charge in [0, 0.05) is 17.8 Å². The lowest BCUT2D eigenvalue weighted by Crippen LogP contribution is -2.29. The number of ether oxygens (including phenoxy) is 1. The average Bonchev–Trinajstić information content (AvgIpc) is 3.35. The molecular formula is C17H18F2N6O. The molecule has 1 atom stereocenters. The summed E-state index contributed by atoms with van der Waals surface area (Å²) < 4.78 is 33.8. The summed E-state index contributed by atoms with van der Waals surface area (Å²) in [5.41, 5.74) is 13.6. The van der Waals surface area contributed by atoms with Crippen LogP contribution in [-0.4, -0.2) is 31.7 Å². The fraction of sp³-hybridized carbons (Fsp3) is 0.471. The van der Waals surface area contributed by atoms with E-state index in [1.165, 1.54) is 4.52 Å². The molecule has 4 N–H and O–H groups in total. The van der Waals surface area contributed by atoms with Crippen LogP contribution in [0.25, 0.3) is 16.6 Å². The maximum absolute atomic E-state index is 13.7.